The summed E-state index contributed by atoms with van der Waals surface area (Å²) in [5.74, 6) is 0.542. The van der Waals surface area contributed by atoms with Gasteiger partial charge in [0.25, 0.3) is 0 Å². The molecule has 0 saturated carbocycles. The van der Waals surface area contributed by atoms with Crippen molar-refractivity contribution in [3.63, 3.8) is 0 Å². The van der Waals surface area contributed by atoms with Gasteiger partial charge in [0.15, 0.2) is 0 Å². The summed E-state index contributed by atoms with van der Waals surface area (Å²) in [4.78, 5) is 12.2. The van der Waals surface area contributed by atoms with Gasteiger partial charge in [-0.1, -0.05) is 28.9 Å². The number of halogens is 2. The molecule has 1 amide bonds. The van der Waals surface area contributed by atoms with Gasteiger partial charge in [0, 0.05) is 23.0 Å². The van der Waals surface area contributed by atoms with Gasteiger partial charge in [-0.05, 0) is 32.2 Å². The third-order valence-corrected chi connectivity index (χ3v) is 3.59. The number of benzene rings is 1. The van der Waals surface area contributed by atoms with Crippen LogP contribution in [0.3, 0.4) is 0 Å². The van der Waals surface area contributed by atoms with Crippen LogP contribution >= 0.6 is 28.3 Å². The molecular weight excluding hydrogens is 368 g/mol. The van der Waals surface area contributed by atoms with E-state index in [1.807, 2.05) is 51.2 Å². The number of aromatic nitrogens is 2. The molecule has 120 valence electrons. The average molecular weight is 388 g/mol. The van der Waals surface area contributed by atoms with Gasteiger partial charge < -0.3 is 10.6 Å². The summed E-state index contributed by atoms with van der Waals surface area (Å²) >= 11 is 3.45. The zero-order chi connectivity index (χ0) is 15.4. The van der Waals surface area contributed by atoms with Crippen LogP contribution in [-0.4, -0.2) is 29.3 Å². The van der Waals surface area contributed by atoms with Gasteiger partial charge in [0.05, 0.1) is 11.4 Å². The van der Waals surface area contributed by atoms with Crippen molar-refractivity contribution in [2.24, 2.45) is 5.92 Å². The molecule has 7 heteroatoms. The first-order valence-electron chi connectivity index (χ1n) is 6.79. The van der Waals surface area contributed by atoms with Gasteiger partial charge in [-0.2, -0.15) is 5.10 Å². The molecule has 0 aliphatic rings. The second kappa shape index (κ2) is 8.31. The minimum absolute atomic E-state index is 0. The highest BCUT2D eigenvalue weighted by atomic mass is 79.9. The highest BCUT2D eigenvalue weighted by molar-refractivity contribution is 9.10. The highest BCUT2D eigenvalue weighted by Gasteiger charge is 2.15. The molecule has 1 unspecified atom stereocenters. The monoisotopic (exact) mass is 386 g/mol. The number of nitrogens with zero attached hydrogens (tertiary/aromatic N) is 2. The van der Waals surface area contributed by atoms with E-state index in [4.69, 9.17) is 0 Å². The number of rotatable bonds is 5. The maximum Gasteiger partial charge on any atom is 0.229 e. The number of carbonyl (C=O) groups excluding carboxylic acids is 1. The van der Waals surface area contributed by atoms with Crippen LogP contribution in [0.2, 0.25) is 0 Å². The largest absolute Gasteiger partial charge is 0.319 e. The Hall–Kier alpha value is -1.37. The third kappa shape index (κ3) is 4.56. The van der Waals surface area contributed by atoms with Gasteiger partial charge in [0.2, 0.25) is 5.91 Å². The minimum Gasteiger partial charge on any atom is -0.319 e. The summed E-state index contributed by atoms with van der Waals surface area (Å²) in [5, 5.41) is 10.4. The molecule has 0 fully saturated rings. The van der Waals surface area contributed by atoms with Crippen molar-refractivity contribution in [2.45, 2.75) is 13.8 Å². The summed E-state index contributed by atoms with van der Waals surface area (Å²) in [6.45, 7) is 4.43. The number of nitrogens with one attached hydrogen (secondary N) is 2. The molecular formula is C15H20BrClN4O. The van der Waals surface area contributed by atoms with Crippen molar-refractivity contribution >= 4 is 40.1 Å². The van der Waals surface area contributed by atoms with Crippen molar-refractivity contribution < 1.29 is 4.79 Å². The molecule has 0 bridgehead atoms. The minimum atomic E-state index is -0.110. The van der Waals surface area contributed by atoms with Crippen LogP contribution in [0, 0.1) is 12.8 Å². The summed E-state index contributed by atoms with van der Waals surface area (Å²) in [7, 11) is 1.83. The second-order valence-electron chi connectivity index (χ2n) is 5.01. The van der Waals surface area contributed by atoms with Crippen LogP contribution in [0.5, 0.6) is 0 Å². The fraction of sp³-hybridized carbons (Fsp3) is 0.333. The SMILES string of the molecule is CNCC(C)C(=O)Nc1cc(C)nn1-c1cccc(Br)c1.Cl. The zero-order valence-corrected chi connectivity index (χ0v) is 15.2. The lowest BCUT2D eigenvalue weighted by Crippen LogP contribution is -2.29. The van der Waals surface area contributed by atoms with Gasteiger partial charge in [-0.3, -0.25) is 4.79 Å². The van der Waals surface area contributed by atoms with E-state index in [0.717, 1.165) is 15.9 Å². The fourth-order valence-corrected chi connectivity index (χ4v) is 2.43. The third-order valence-electron chi connectivity index (χ3n) is 3.09. The predicted molar refractivity (Wildman–Crippen MR) is 95.0 cm³/mol. The molecule has 0 aliphatic heterocycles. The van der Waals surface area contributed by atoms with E-state index in [2.05, 4.69) is 31.7 Å². The number of carbonyl (C=O) groups is 1. The molecule has 5 nitrogen and oxygen atoms in total. The van der Waals surface area contributed by atoms with E-state index in [9.17, 15) is 4.79 Å². The smallest absolute Gasteiger partial charge is 0.229 e. The molecule has 1 heterocycles. The summed E-state index contributed by atoms with van der Waals surface area (Å²) in [5.41, 5.74) is 1.75. The Kier molecular flexibility index (Phi) is 7.06. The van der Waals surface area contributed by atoms with Crippen molar-refractivity contribution in [3.8, 4) is 5.69 Å². The molecule has 0 radical (unpaired) electrons. The average Bonchev–Trinajstić information content (AvgIpc) is 2.80. The van der Waals surface area contributed by atoms with E-state index < -0.39 is 0 Å². The van der Waals surface area contributed by atoms with Gasteiger partial charge in [-0.25, -0.2) is 4.68 Å². The zero-order valence-electron chi connectivity index (χ0n) is 12.8. The number of aryl methyl sites for hydroxylation is 1. The number of hydrogen-bond acceptors (Lipinski definition) is 3. The topological polar surface area (TPSA) is 59.0 Å². The van der Waals surface area contributed by atoms with Crippen LogP contribution in [-0.2, 0) is 4.79 Å². The molecule has 0 saturated heterocycles. The number of hydrogen-bond donors (Lipinski definition) is 2. The summed E-state index contributed by atoms with van der Waals surface area (Å²) in [6, 6.07) is 9.66. The van der Waals surface area contributed by atoms with Crippen molar-refractivity contribution in [2.75, 3.05) is 18.9 Å². The van der Waals surface area contributed by atoms with Gasteiger partial charge in [-0.15, -0.1) is 12.4 Å². The quantitative estimate of drug-likeness (QED) is 0.828. The van der Waals surface area contributed by atoms with Crippen molar-refractivity contribution in [3.05, 3.63) is 40.5 Å². The standard InChI is InChI=1S/C15H19BrN4O.ClH/c1-10(9-17-3)15(21)18-14-7-11(2)19-20(14)13-6-4-5-12(16)8-13;/h4-8,10,17H,9H2,1-3H3,(H,18,21);1H. The Bertz CT molecular complexity index is 644. The Morgan fingerprint density at radius 2 is 2.14 bits per heavy atom. The molecule has 0 spiro atoms. The van der Waals surface area contributed by atoms with E-state index in [1.54, 1.807) is 4.68 Å². The van der Waals surface area contributed by atoms with Crippen LogP contribution in [0.25, 0.3) is 5.69 Å². The molecule has 2 rings (SSSR count). The lowest BCUT2D eigenvalue weighted by atomic mass is 10.1. The van der Waals surface area contributed by atoms with Crippen LogP contribution in [0.15, 0.2) is 34.8 Å². The first-order chi connectivity index (χ1) is 10.0. The normalized spacial score (nSPS) is 11.6. The molecule has 22 heavy (non-hydrogen) atoms. The van der Waals surface area contributed by atoms with Gasteiger partial charge >= 0.3 is 0 Å². The number of amides is 1. The molecule has 1 aromatic heterocycles. The van der Waals surface area contributed by atoms with E-state index in [0.29, 0.717) is 12.4 Å². The van der Waals surface area contributed by atoms with Crippen molar-refractivity contribution in [1.82, 2.24) is 15.1 Å². The maximum absolute atomic E-state index is 12.2. The first-order valence-corrected chi connectivity index (χ1v) is 7.58. The number of anilines is 1. The Labute approximate surface area is 145 Å². The van der Waals surface area contributed by atoms with Crippen LogP contribution < -0.4 is 10.6 Å². The fourth-order valence-electron chi connectivity index (χ4n) is 2.04. The highest BCUT2D eigenvalue weighted by Crippen LogP contribution is 2.20. The Morgan fingerprint density at radius 3 is 2.77 bits per heavy atom. The Balaban J connectivity index is 0.00000242. The molecule has 0 aliphatic carbocycles. The van der Waals surface area contributed by atoms with Crippen molar-refractivity contribution in [1.29, 1.82) is 0 Å². The van der Waals surface area contributed by atoms with E-state index >= 15 is 0 Å². The summed E-state index contributed by atoms with van der Waals surface area (Å²) in [6.07, 6.45) is 0. The van der Waals surface area contributed by atoms with Crippen LogP contribution in [0.1, 0.15) is 12.6 Å². The molecule has 2 N–H and O–H groups in total. The second-order valence-corrected chi connectivity index (χ2v) is 5.93. The molecule has 2 aromatic rings. The Morgan fingerprint density at radius 1 is 1.41 bits per heavy atom. The molecule has 1 atom stereocenters. The summed E-state index contributed by atoms with van der Waals surface area (Å²) < 4.78 is 2.71. The first kappa shape index (κ1) is 18.7. The van der Waals surface area contributed by atoms with Crippen LogP contribution in [0.4, 0.5) is 5.82 Å². The van der Waals surface area contributed by atoms with E-state index in [1.165, 1.54) is 0 Å². The predicted octanol–water partition coefficient (Wildman–Crippen LogP) is 3.16. The molecule has 1 aromatic carbocycles. The van der Waals surface area contributed by atoms with Gasteiger partial charge in [0.1, 0.15) is 5.82 Å². The lowest BCUT2D eigenvalue weighted by molar-refractivity contribution is -0.119. The lowest BCUT2D eigenvalue weighted by Gasteiger charge is -2.13. The maximum atomic E-state index is 12.2. The van der Waals surface area contributed by atoms with E-state index in [-0.39, 0.29) is 24.2 Å².